The number of nitrogens with zero attached hydrogens (tertiary/aromatic N) is 4. The average molecular weight is 433 g/mol. The Labute approximate surface area is 182 Å². The zero-order valence-electron chi connectivity index (χ0n) is 17.1. The van der Waals surface area contributed by atoms with Crippen molar-refractivity contribution in [3.8, 4) is 0 Å². The molecule has 31 heavy (non-hydrogen) atoms. The summed E-state index contributed by atoms with van der Waals surface area (Å²) in [7, 11) is -3.47. The number of sulfonamides is 1. The summed E-state index contributed by atoms with van der Waals surface area (Å²) in [6.45, 7) is 2.80. The summed E-state index contributed by atoms with van der Waals surface area (Å²) in [5.74, 6) is 0.891. The standard InChI is InChI=1S/C24H24N4O2S/c29-31(30,21-11-5-2-6-12-21)27-17-15-26(16-18-27)24-25-22-13-7-8-14-23(22)28(24)19-20-9-3-1-4-10-20/h1-14H,15-19H2. The Bertz CT molecular complexity index is 1280. The molecule has 5 rings (SSSR count). The minimum atomic E-state index is -3.47. The van der Waals surface area contributed by atoms with Gasteiger partial charge in [-0.1, -0.05) is 60.7 Å². The number of fused-ring (bicyclic) bond motifs is 1. The third-order valence-electron chi connectivity index (χ3n) is 5.72. The number of aromatic nitrogens is 2. The predicted octanol–water partition coefficient (Wildman–Crippen LogP) is 3.60. The van der Waals surface area contributed by atoms with Gasteiger partial charge in [0.25, 0.3) is 0 Å². The van der Waals surface area contributed by atoms with Crippen LogP contribution in [0.3, 0.4) is 0 Å². The van der Waals surface area contributed by atoms with E-state index in [-0.39, 0.29) is 0 Å². The molecule has 0 aliphatic carbocycles. The van der Waals surface area contributed by atoms with Crippen molar-refractivity contribution in [1.29, 1.82) is 0 Å². The quantitative estimate of drug-likeness (QED) is 0.484. The van der Waals surface area contributed by atoms with Crippen molar-refractivity contribution >= 4 is 27.0 Å². The Kier molecular flexibility index (Phi) is 5.21. The maximum Gasteiger partial charge on any atom is 0.243 e. The third-order valence-corrected chi connectivity index (χ3v) is 7.63. The second-order valence-electron chi connectivity index (χ2n) is 7.68. The molecule has 0 spiro atoms. The molecule has 1 saturated heterocycles. The maximum atomic E-state index is 13.0. The topological polar surface area (TPSA) is 58.4 Å². The second kappa shape index (κ2) is 8.17. The molecule has 3 aromatic carbocycles. The smallest absolute Gasteiger partial charge is 0.243 e. The van der Waals surface area contributed by atoms with E-state index >= 15 is 0 Å². The van der Waals surface area contributed by atoms with Crippen LogP contribution < -0.4 is 4.90 Å². The number of benzene rings is 3. The molecule has 0 amide bonds. The van der Waals surface area contributed by atoms with E-state index in [1.165, 1.54) is 5.56 Å². The van der Waals surface area contributed by atoms with Gasteiger partial charge in [-0.15, -0.1) is 0 Å². The van der Waals surface area contributed by atoms with Crippen LogP contribution in [0.5, 0.6) is 0 Å². The van der Waals surface area contributed by atoms with Gasteiger partial charge in [0.2, 0.25) is 16.0 Å². The first-order valence-electron chi connectivity index (χ1n) is 10.4. The predicted molar refractivity (Wildman–Crippen MR) is 123 cm³/mol. The minimum absolute atomic E-state index is 0.347. The van der Waals surface area contributed by atoms with E-state index in [4.69, 9.17) is 4.98 Å². The van der Waals surface area contributed by atoms with Crippen LogP contribution in [0.1, 0.15) is 5.56 Å². The molecule has 0 unspecified atom stereocenters. The van der Waals surface area contributed by atoms with Crippen molar-refractivity contribution in [2.75, 3.05) is 31.1 Å². The van der Waals surface area contributed by atoms with Crippen molar-refractivity contribution in [1.82, 2.24) is 13.9 Å². The molecule has 6 nitrogen and oxygen atoms in total. The zero-order chi connectivity index (χ0) is 21.3. The summed E-state index contributed by atoms with van der Waals surface area (Å²) in [4.78, 5) is 7.44. The van der Waals surface area contributed by atoms with Gasteiger partial charge in [-0.05, 0) is 29.8 Å². The highest BCUT2D eigenvalue weighted by atomic mass is 32.2. The van der Waals surface area contributed by atoms with Gasteiger partial charge in [0.15, 0.2) is 0 Å². The van der Waals surface area contributed by atoms with Gasteiger partial charge >= 0.3 is 0 Å². The molecule has 2 heterocycles. The summed E-state index contributed by atoms with van der Waals surface area (Å²) in [6, 6.07) is 27.1. The highest BCUT2D eigenvalue weighted by molar-refractivity contribution is 7.89. The largest absolute Gasteiger partial charge is 0.340 e. The van der Waals surface area contributed by atoms with Crippen LogP contribution in [0.15, 0.2) is 89.8 Å². The van der Waals surface area contributed by atoms with Gasteiger partial charge in [0, 0.05) is 26.2 Å². The van der Waals surface area contributed by atoms with Gasteiger partial charge in [0.1, 0.15) is 0 Å². The molecule has 1 fully saturated rings. The summed E-state index contributed by atoms with van der Waals surface area (Å²) >= 11 is 0. The van der Waals surface area contributed by atoms with E-state index < -0.39 is 10.0 Å². The highest BCUT2D eigenvalue weighted by Crippen LogP contribution is 2.26. The lowest BCUT2D eigenvalue weighted by Crippen LogP contribution is -2.49. The molecule has 4 aromatic rings. The first-order valence-corrected chi connectivity index (χ1v) is 11.9. The molecule has 1 aromatic heterocycles. The van der Waals surface area contributed by atoms with Crippen LogP contribution in [0.25, 0.3) is 11.0 Å². The van der Waals surface area contributed by atoms with Crippen LogP contribution in [-0.2, 0) is 16.6 Å². The van der Waals surface area contributed by atoms with Crippen LogP contribution in [0.2, 0.25) is 0 Å². The van der Waals surface area contributed by atoms with E-state index in [1.54, 1.807) is 28.6 Å². The second-order valence-corrected chi connectivity index (χ2v) is 9.61. The zero-order valence-corrected chi connectivity index (χ0v) is 17.9. The molecule has 0 atom stereocenters. The number of piperazine rings is 1. The summed E-state index contributed by atoms with van der Waals surface area (Å²) in [6.07, 6.45) is 0. The molecule has 0 N–H and O–H groups in total. The maximum absolute atomic E-state index is 13.0. The first kappa shape index (κ1) is 19.8. The van der Waals surface area contributed by atoms with Crippen molar-refractivity contribution in [3.63, 3.8) is 0 Å². The molecule has 7 heteroatoms. The molecular formula is C24H24N4O2S. The van der Waals surface area contributed by atoms with Crippen LogP contribution >= 0.6 is 0 Å². The molecule has 158 valence electrons. The first-order chi connectivity index (χ1) is 15.1. The normalized spacial score (nSPS) is 15.4. The molecule has 0 bridgehead atoms. The fraction of sp³-hybridized carbons (Fsp3) is 0.208. The number of anilines is 1. The van der Waals surface area contributed by atoms with Crippen molar-refractivity contribution in [3.05, 3.63) is 90.5 Å². The number of rotatable bonds is 5. The lowest BCUT2D eigenvalue weighted by Gasteiger charge is -2.34. The van der Waals surface area contributed by atoms with Gasteiger partial charge in [0.05, 0.1) is 22.5 Å². The Morgan fingerprint density at radius 3 is 2.06 bits per heavy atom. The summed E-state index contributed by atoms with van der Waals surface area (Å²) in [5, 5.41) is 0. The Morgan fingerprint density at radius 1 is 0.742 bits per heavy atom. The number of para-hydroxylation sites is 2. The fourth-order valence-corrected chi connectivity index (χ4v) is 5.54. The molecular weight excluding hydrogens is 408 g/mol. The van der Waals surface area contributed by atoms with Gasteiger partial charge in [-0.3, -0.25) is 0 Å². The molecule has 0 saturated carbocycles. The van der Waals surface area contributed by atoms with Crippen LogP contribution in [-0.4, -0.2) is 48.5 Å². The van der Waals surface area contributed by atoms with E-state index in [9.17, 15) is 8.42 Å². The van der Waals surface area contributed by atoms with Crippen LogP contribution in [0.4, 0.5) is 5.95 Å². The average Bonchev–Trinajstić information content (AvgIpc) is 3.19. The summed E-state index contributed by atoms with van der Waals surface area (Å²) in [5.41, 5.74) is 3.24. The van der Waals surface area contributed by atoms with Crippen LogP contribution in [0, 0.1) is 0 Å². The molecule has 1 aliphatic heterocycles. The number of hydrogen-bond acceptors (Lipinski definition) is 4. The lowest BCUT2D eigenvalue weighted by molar-refractivity contribution is 0.381. The Hall–Kier alpha value is -3.16. The van der Waals surface area contributed by atoms with Gasteiger partial charge in [-0.2, -0.15) is 4.31 Å². The van der Waals surface area contributed by atoms with Gasteiger partial charge < -0.3 is 9.47 Å². The van der Waals surface area contributed by atoms with Crippen molar-refractivity contribution in [2.45, 2.75) is 11.4 Å². The Morgan fingerprint density at radius 2 is 1.35 bits per heavy atom. The monoisotopic (exact) mass is 432 g/mol. The van der Waals surface area contributed by atoms with E-state index in [1.807, 2.05) is 42.5 Å². The third kappa shape index (κ3) is 3.82. The minimum Gasteiger partial charge on any atom is -0.340 e. The molecule has 1 aliphatic rings. The molecule has 0 radical (unpaired) electrons. The van der Waals surface area contributed by atoms with E-state index in [2.05, 4.69) is 27.7 Å². The fourth-order valence-electron chi connectivity index (χ4n) is 4.10. The van der Waals surface area contributed by atoms with E-state index in [0.717, 1.165) is 23.5 Å². The van der Waals surface area contributed by atoms with Gasteiger partial charge in [-0.25, -0.2) is 13.4 Å². The highest BCUT2D eigenvalue weighted by Gasteiger charge is 2.30. The SMILES string of the molecule is O=S(=O)(c1ccccc1)N1CCN(c2nc3ccccc3n2Cc2ccccc2)CC1. The number of imidazole rings is 1. The lowest BCUT2D eigenvalue weighted by atomic mass is 10.2. The van der Waals surface area contributed by atoms with E-state index in [0.29, 0.717) is 31.1 Å². The van der Waals surface area contributed by atoms with Crippen molar-refractivity contribution in [2.24, 2.45) is 0 Å². The number of hydrogen-bond donors (Lipinski definition) is 0. The van der Waals surface area contributed by atoms with Crippen molar-refractivity contribution < 1.29 is 8.42 Å². The Balaban J connectivity index is 1.42. The summed E-state index contributed by atoms with van der Waals surface area (Å²) < 4.78 is 29.7.